The van der Waals surface area contributed by atoms with E-state index in [0.717, 1.165) is 22.2 Å². The average Bonchev–Trinajstić information content (AvgIpc) is 3.24. The van der Waals surface area contributed by atoms with Crippen molar-refractivity contribution in [3.8, 4) is 0 Å². The van der Waals surface area contributed by atoms with Crippen molar-refractivity contribution in [2.45, 2.75) is 19.4 Å². The fourth-order valence-electron chi connectivity index (χ4n) is 3.02. The number of anilines is 1. The Kier molecular flexibility index (Phi) is 4.09. The lowest BCUT2D eigenvalue weighted by Crippen LogP contribution is -2.18. The standard InChI is InChI=1S/C20H16F2N2S/c1-13-4-6-14(7-5-13)17-12-19(20-3-2-10-25-20)24(23-17)18-9-8-15(21)11-16(18)22/h2-11,19H,12H2,1H3. The second-order valence-electron chi connectivity index (χ2n) is 6.09. The molecule has 3 aromatic rings. The molecule has 1 unspecified atom stereocenters. The van der Waals surface area contributed by atoms with Crippen LogP contribution in [0, 0.1) is 18.6 Å². The molecule has 0 saturated heterocycles. The summed E-state index contributed by atoms with van der Waals surface area (Å²) >= 11 is 1.62. The average molecular weight is 354 g/mol. The highest BCUT2D eigenvalue weighted by molar-refractivity contribution is 7.10. The van der Waals surface area contributed by atoms with E-state index in [1.54, 1.807) is 16.3 Å². The van der Waals surface area contributed by atoms with Gasteiger partial charge in [-0.1, -0.05) is 35.9 Å². The zero-order valence-corrected chi connectivity index (χ0v) is 14.4. The van der Waals surface area contributed by atoms with Gasteiger partial charge >= 0.3 is 0 Å². The quantitative estimate of drug-likeness (QED) is 0.590. The van der Waals surface area contributed by atoms with Gasteiger partial charge in [0.05, 0.1) is 17.4 Å². The minimum Gasteiger partial charge on any atom is -0.254 e. The van der Waals surface area contributed by atoms with E-state index in [2.05, 4.69) is 5.10 Å². The van der Waals surface area contributed by atoms with Crippen molar-refractivity contribution in [3.63, 3.8) is 0 Å². The first-order valence-corrected chi connectivity index (χ1v) is 8.92. The maximum absolute atomic E-state index is 14.4. The van der Waals surface area contributed by atoms with Gasteiger partial charge in [-0.2, -0.15) is 5.10 Å². The first-order valence-electron chi connectivity index (χ1n) is 8.04. The molecule has 2 nitrogen and oxygen atoms in total. The van der Waals surface area contributed by atoms with E-state index >= 15 is 0 Å². The summed E-state index contributed by atoms with van der Waals surface area (Å²) in [7, 11) is 0. The Morgan fingerprint density at radius 2 is 1.88 bits per heavy atom. The Balaban J connectivity index is 1.77. The topological polar surface area (TPSA) is 15.6 Å². The minimum absolute atomic E-state index is 0.0868. The summed E-state index contributed by atoms with van der Waals surface area (Å²) in [4.78, 5) is 1.11. The van der Waals surface area contributed by atoms with E-state index in [9.17, 15) is 8.78 Å². The monoisotopic (exact) mass is 354 g/mol. The number of hydrogen-bond acceptors (Lipinski definition) is 3. The highest BCUT2D eigenvalue weighted by atomic mass is 32.1. The third-order valence-corrected chi connectivity index (χ3v) is 5.30. The Bertz CT molecular complexity index is 917. The number of benzene rings is 2. The van der Waals surface area contributed by atoms with Gasteiger partial charge in [-0.15, -0.1) is 11.3 Å². The molecule has 0 saturated carbocycles. The van der Waals surface area contributed by atoms with E-state index in [1.807, 2.05) is 48.7 Å². The molecule has 0 N–H and O–H groups in total. The first-order chi connectivity index (χ1) is 12.1. The van der Waals surface area contributed by atoms with E-state index in [1.165, 1.54) is 17.7 Å². The highest BCUT2D eigenvalue weighted by Crippen LogP contribution is 2.39. The van der Waals surface area contributed by atoms with Gasteiger partial charge in [-0.25, -0.2) is 8.78 Å². The Labute approximate surface area is 149 Å². The molecule has 4 rings (SSSR count). The smallest absolute Gasteiger partial charge is 0.151 e. The fourth-order valence-corrected chi connectivity index (χ4v) is 3.83. The molecular weight excluding hydrogens is 338 g/mol. The summed E-state index contributed by atoms with van der Waals surface area (Å²) in [5, 5.41) is 8.36. The van der Waals surface area contributed by atoms with Crippen LogP contribution in [0.5, 0.6) is 0 Å². The number of thiophene rings is 1. The summed E-state index contributed by atoms with van der Waals surface area (Å²) in [5.74, 6) is -1.19. The van der Waals surface area contributed by atoms with Crippen molar-refractivity contribution >= 4 is 22.7 Å². The van der Waals surface area contributed by atoms with Gasteiger partial charge in [-0.05, 0) is 36.1 Å². The molecule has 2 heterocycles. The van der Waals surface area contributed by atoms with Crippen LogP contribution in [0.25, 0.3) is 0 Å². The molecule has 1 aliphatic rings. The van der Waals surface area contributed by atoms with Crippen molar-refractivity contribution < 1.29 is 8.78 Å². The molecule has 0 amide bonds. The van der Waals surface area contributed by atoms with Crippen molar-refractivity contribution in [2.75, 3.05) is 5.01 Å². The zero-order valence-electron chi connectivity index (χ0n) is 13.6. The number of halogens is 2. The SMILES string of the molecule is Cc1ccc(C2=NN(c3ccc(F)cc3F)C(c3cccs3)C2)cc1. The van der Waals surface area contributed by atoms with Gasteiger partial charge in [0.15, 0.2) is 5.82 Å². The molecule has 0 radical (unpaired) electrons. The maximum Gasteiger partial charge on any atom is 0.151 e. The van der Waals surface area contributed by atoms with Crippen LogP contribution in [-0.4, -0.2) is 5.71 Å². The summed E-state index contributed by atoms with van der Waals surface area (Å²) in [6.07, 6.45) is 0.681. The molecule has 126 valence electrons. The van der Waals surface area contributed by atoms with Crippen molar-refractivity contribution in [3.05, 3.63) is 87.6 Å². The number of hydrazone groups is 1. The molecule has 25 heavy (non-hydrogen) atoms. The zero-order chi connectivity index (χ0) is 17.4. The second kappa shape index (κ2) is 6.41. The number of hydrogen-bond donors (Lipinski definition) is 0. The summed E-state index contributed by atoms with van der Waals surface area (Å²) in [5.41, 5.74) is 3.40. The van der Waals surface area contributed by atoms with Gasteiger partial charge in [0.25, 0.3) is 0 Å². The predicted octanol–water partition coefficient (Wildman–Crippen LogP) is 5.69. The van der Waals surface area contributed by atoms with Crippen LogP contribution in [0.1, 0.15) is 28.5 Å². The fraction of sp³-hybridized carbons (Fsp3) is 0.150. The van der Waals surface area contributed by atoms with Crippen LogP contribution < -0.4 is 5.01 Å². The Morgan fingerprint density at radius 1 is 1.08 bits per heavy atom. The molecule has 5 heteroatoms. The normalized spacial score (nSPS) is 17.0. The molecule has 0 bridgehead atoms. The maximum atomic E-state index is 14.4. The van der Waals surface area contributed by atoms with E-state index in [-0.39, 0.29) is 6.04 Å². The van der Waals surface area contributed by atoms with Crippen molar-refractivity contribution in [1.82, 2.24) is 0 Å². The largest absolute Gasteiger partial charge is 0.254 e. The molecule has 2 aromatic carbocycles. The van der Waals surface area contributed by atoms with E-state index in [4.69, 9.17) is 0 Å². The third kappa shape index (κ3) is 3.07. The first kappa shape index (κ1) is 16.0. The molecular formula is C20H16F2N2S. The second-order valence-corrected chi connectivity index (χ2v) is 7.07. The molecule has 1 aliphatic heterocycles. The van der Waals surface area contributed by atoms with Crippen LogP contribution in [0.3, 0.4) is 0 Å². The molecule has 0 spiro atoms. The minimum atomic E-state index is -0.601. The summed E-state index contributed by atoms with van der Waals surface area (Å²) in [6, 6.07) is 15.7. The summed E-state index contributed by atoms with van der Waals surface area (Å²) < 4.78 is 27.6. The molecule has 1 atom stereocenters. The van der Waals surface area contributed by atoms with Crippen LogP contribution in [-0.2, 0) is 0 Å². The number of nitrogens with zero attached hydrogens (tertiary/aromatic N) is 2. The lowest BCUT2D eigenvalue weighted by molar-refractivity contribution is 0.574. The predicted molar refractivity (Wildman–Crippen MR) is 98.2 cm³/mol. The van der Waals surface area contributed by atoms with Gasteiger partial charge in [0.2, 0.25) is 0 Å². The van der Waals surface area contributed by atoms with E-state index in [0.29, 0.717) is 12.1 Å². The van der Waals surface area contributed by atoms with Gasteiger partial charge in [0, 0.05) is 17.4 Å². The lowest BCUT2D eigenvalue weighted by atomic mass is 10.0. The molecule has 1 aromatic heterocycles. The summed E-state index contributed by atoms with van der Waals surface area (Å²) in [6.45, 7) is 2.04. The highest BCUT2D eigenvalue weighted by Gasteiger charge is 2.32. The lowest BCUT2D eigenvalue weighted by Gasteiger charge is -2.23. The van der Waals surface area contributed by atoms with E-state index < -0.39 is 11.6 Å². The van der Waals surface area contributed by atoms with Crippen LogP contribution in [0.15, 0.2) is 65.1 Å². The number of rotatable bonds is 3. The van der Waals surface area contributed by atoms with Crippen LogP contribution in [0.4, 0.5) is 14.5 Å². The van der Waals surface area contributed by atoms with Gasteiger partial charge < -0.3 is 0 Å². The third-order valence-electron chi connectivity index (χ3n) is 4.32. The molecule has 0 fully saturated rings. The Hall–Kier alpha value is -2.53. The van der Waals surface area contributed by atoms with Gasteiger partial charge in [0.1, 0.15) is 5.82 Å². The van der Waals surface area contributed by atoms with Crippen molar-refractivity contribution in [1.29, 1.82) is 0 Å². The number of aryl methyl sites for hydroxylation is 1. The van der Waals surface area contributed by atoms with Crippen LogP contribution in [0.2, 0.25) is 0 Å². The van der Waals surface area contributed by atoms with Gasteiger partial charge in [-0.3, -0.25) is 5.01 Å². The van der Waals surface area contributed by atoms with Crippen molar-refractivity contribution in [2.24, 2.45) is 5.10 Å². The molecule has 0 aliphatic carbocycles. The van der Waals surface area contributed by atoms with Crippen LogP contribution >= 0.6 is 11.3 Å². The Morgan fingerprint density at radius 3 is 2.56 bits per heavy atom.